The zero-order valence-corrected chi connectivity index (χ0v) is 21.2. The maximum atomic E-state index is 12.1. The summed E-state index contributed by atoms with van der Waals surface area (Å²) in [5, 5.41) is 4.69. The second kappa shape index (κ2) is 12.0. The van der Waals surface area contributed by atoms with Gasteiger partial charge in [0.2, 0.25) is 5.91 Å². The van der Waals surface area contributed by atoms with Gasteiger partial charge in [-0.3, -0.25) is 4.79 Å². The van der Waals surface area contributed by atoms with Crippen LogP contribution < -0.4 is 14.9 Å². The molecule has 0 bridgehead atoms. The number of carbonyl (C=O) groups is 1. The van der Waals surface area contributed by atoms with Crippen LogP contribution in [0.25, 0.3) is 0 Å². The molecular weight excluding hydrogens is 560 g/mol. The Kier molecular flexibility index (Phi) is 9.14. The Hall–Kier alpha value is -2.35. The number of halogens is 3. The third-order valence-corrected chi connectivity index (χ3v) is 5.68. The van der Waals surface area contributed by atoms with Gasteiger partial charge in [0.05, 0.1) is 23.7 Å². The number of hydrogen-bond acceptors (Lipinski definition) is 4. The zero-order valence-electron chi connectivity index (χ0n) is 17.3. The van der Waals surface area contributed by atoms with Gasteiger partial charge in [0.1, 0.15) is 6.61 Å². The van der Waals surface area contributed by atoms with E-state index in [9.17, 15) is 4.79 Å². The number of hydrogen-bond donors (Lipinski definition) is 1. The average Bonchev–Trinajstić information content (AvgIpc) is 2.76. The molecule has 3 aromatic carbocycles. The van der Waals surface area contributed by atoms with Crippen LogP contribution in [-0.2, 0) is 17.8 Å². The van der Waals surface area contributed by atoms with Gasteiger partial charge >= 0.3 is 0 Å². The highest BCUT2D eigenvalue weighted by Gasteiger charge is 2.12. The largest absolute Gasteiger partial charge is 0.490 e. The van der Waals surface area contributed by atoms with Crippen LogP contribution in [0, 0.1) is 0 Å². The highest BCUT2D eigenvalue weighted by Crippen LogP contribution is 2.37. The van der Waals surface area contributed by atoms with Crippen molar-refractivity contribution in [2.24, 2.45) is 5.10 Å². The maximum absolute atomic E-state index is 12.1. The fourth-order valence-electron chi connectivity index (χ4n) is 2.81. The molecule has 8 heteroatoms. The molecule has 0 atom stereocenters. The van der Waals surface area contributed by atoms with E-state index in [1.54, 1.807) is 18.3 Å². The normalized spacial score (nSPS) is 10.9. The molecule has 0 unspecified atom stereocenters. The summed E-state index contributed by atoms with van der Waals surface area (Å²) in [6, 6.07) is 18.7. The minimum atomic E-state index is -0.220. The average molecular weight is 581 g/mol. The predicted molar refractivity (Wildman–Crippen MR) is 135 cm³/mol. The monoisotopic (exact) mass is 578 g/mol. The van der Waals surface area contributed by atoms with E-state index >= 15 is 0 Å². The van der Waals surface area contributed by atoms with E-state index in [0.29, 0.717) is 29.7 Å². The van der Waals surface area contributed by atoms with Gasteiger partial charge in [-0.15, -0.1) is 0 Å². The molecule has 3 rings (SSSR count). The summed E-state index contributed by atoms with van der Waals surface area (Å²) in [5.74, 6) is 0.980. The molecule has 0 fully saturated rings. The van der Waals surface area contributed by atoms with Gasteiger partial charge in [-0.2, -0.15) is 5.10 Å². The van der Waals surface area contributed by atoms with Crippen LogP contribution in [0.5, 0.6) is 11.5 Å². The topological polar surface area (TPSA) is 59.9 Å². The number of nitrogens with one attached hydrogen (secondary N) is 1. The molecule has 32 heavy (non-hydrogen) atoms. The van der Waals surface area contributed by atoms with Gasteiger partial charge in [-0.1, -0.05) is 51.8 Å². The number of rotatable bonds is 9. The van der Waals surface area contributed by atoms with Gasteiger partial charge < -0.3 is 9.47 Å². The second-order valence-corrected chi connectivity index (χ2v) is 8.98. The molecule has 0 radical (unpaired) electrons. The lowest BCUT2D eigenvalue weighted by Gasteiger charge is -2.14. The molecule has 5 nitrogen and oxygen atoms in total. The minimum Gasteiger partial charge on any atom is -0.490 e. The third-order valence-electron chi connectivity index (χ3n) is 4.31. The molecule has 3 aromatic rings. The number of nitrogens with zero attached hydrogens (tertiary/aromatic N) is 1. The first-order valence-electron chi connectivity index (χ1n) is 9.84. The molecule has 0 saturated carbocycles. The van der Waals surface area contributed by atoms with Crippen LogP contribution in [0.4, 0.5) is 0 Å². The number of benzene rings is 3. The third kappa shape index (κ3) is 7.36. The van der Waals surface area contributed by atoms with Crippen LogP contribution in [0.3, 0.4) is 0 Å². The van der Waals surface area contributed by atoms with Gasteiger partial charge in [0.25, 0.3) is 0 Å². The van der Waals surface area contributed by atoms with E-state index in [4.69, 9.17) is 21.1 Å². The Bertz CT molecular complexity index is 1090. The Morgan fingerprint density at radius 1 is 1.03 bits per heavy atom. The van der Waals surface area contributed by atoms with E-state index in [-0.39, 0.29) is 12.3 Å². The molecule has 0 aromatic heterocycles. The predicted octanol–water partition coefficient (Wildman–Crippen LogP) is 6.54. The van der Waals surface area contributed by atoms with Crippen molar-refractivity contribution in [1.82, 2.24) is 5.43 Å². The highest BCUT2D eigenvalue weighted by atomic mass is 79.9. The Labute approximate surface area is 209 Å². The summed E-state index contributed by atoms with van der Waals surface area (Å²) in [5.41, 5.74) is 5.19. The SMILES string of the molecule is CCOc1cc(/C=N\NC(=O)Cc2ccc(Cl)cc2)cc(Br)c1OCc1ccc(Br)cc1. The van der Waals surface area contributed by atoms with Crippen LogP contribution >= 0.6 is 43.5 Å². The summed E-state index contributed by atoms with van der Waals surface area (Å²) in [4.78, 5) is 12.1. The van der Waals surface area contributed by atoms with E-state index < -0.39 is 0 Å². The first-order valence-corrected chi connectivity index (χ1v) is 11.8. The summed E-state index contributed by atoms with van der Waals surface area (Å²) in [6.07, 6.45) is 1.77. The van der Waals surface area contributed by atoms with Gasteiger partial charge in [0, 0.05) is 9.50 Å². The van der Waals surface area contributed by atoms with Crippen LogP contribution in [0.15, 0.2) is 74.7 Å². The van der Waals surface area contributed by atoms with Gasteiger partial charge in [-0.25, -0.2) is 5.43 Å². The zero-order chi connectivity index (χ0) is 22.9. The first-order chi connectivity index (χ1) is 15.4. The van der Waals surface area contributed by atoms with Crippen LogP contribution in [0.2, 0.25) is 5.02 Å². The molecule has 0 aliphatic heterocycles. The number of hydrazone groups is 1. The molecule has 0 aliphatic carbocycles. The summed E-state index contributed by atoms with van der Waals surface area (Å²) in [6.45, 7) is 2.80. The molecule has 0 heterocycles. The van der Waals surface area contributed by atoms with E-state index in [1.807, 2.05) is 55.5 Å². The van der Waals surface area contributed by atoms with Gasteiger partial charge in [0.15, 0.2) is 11.5 Å². The maximum Gasteiger partial charge on any atom is 0.244 e. The van der Waals surface area contributed by atoms with Crippen molar-refractivity contribution in [3.63, 3.8) is 0 Å². The van der Waals surface area contributed by atoms with Crippen molar-refractivity contribution in [3.05, 3.63) is 91.3 Å². The van der Waals surface area contributed by atoms with E-state index in [2.05, 4.69) is 42.4 Å². The lowest BCUT2D eigenvalue weighted by Crippen LogP contribution is -2.19. The molecular formula is C24H21Br2ClN2O3. The second-order valence-electron chi connectivity index (χ2n) is 6.77. The molecule has 166 valence electrons. The smallest absolute Gasteiger partial charge is 0.244 e. The van der Waals surface area contributed by atoms with E-state index in [0.717, 1.165) is 25.6 Å². The minimum absolute atomic E-state index is 0.214. The number of carbonyl (C=O) groups excluding carboxylic acids is 1. The van der Waals surface area contributed by atoms with Gasteiger partial charge in [-0.05, 0) is 75.9 Å². The van der Waals surface area contributed by atoms with Crippen molar-refractivity contribution >= 4 is 55.6 Å². The Morgan fingerprint density at radius 2 is 1.72 bits per heavy atom. The summed E-state index contributed by atoms with van der Waals surface area (Å²) in [7, 11) is 0. The Morgan fingerprint density at radius 3 is 2.41 bits per heavy atom. The lowest BCUT2D eigenvalue weighted by molar-refractivity contribution is -0.120. The van der Waals surface area contributed by atoms with Crippen molar-refractivity contribution < 1.29 is 14.3 Å². The standard InChI is InChI=1S/C24H21Br2ClN2O3/c1-2-31-22-12-18(14-28-29-23(30)13-16-5-9-20(27)10-6-16)11-21(26)24(22)32-15-17-3-7-19(25)8-4-17/h3-12,14H,2,13,15H2,1H3,(H,29,30)/b28-14-. The van der Waals surface area contributed by atoms with E-state index in [1.165, 1.54) is 0 Å². The summed E-state index contributed by atoms with van der Waals surface area (Å²) >= 11 is 12.8. The van der Waals surface area contributed by atoms with Crippen molar-refractivity contribution in [2.75, 3.05) is 6.61 Å². The number of amides is 1. The first kappa shape index (κ1) is 24.3. The fraction of sp³-hybridized carbons (Fsp3) is 0.167. The number of ether oxygens (including phenoxy) is 2. The van der Waals surface area contributed by atoms with Crippen LogP contribution in [0.1, 0.15) is 23.6 Å². The molecule has 0 spiro atoms. The van der Waals surface area contributed by atoms with Crippen LogP contribution in [-0.4, -0.2) is 18.7 Å². The summed E-state index contributed by atoms with van der Waals surface area (Å²) < 4.78 is 13.5. The quantitative estimate of drug-likeness (QED) is 0.231. The highest BCUT2D eigenvalue weighted by molar-refractivity contribution is 9.10. The Balaban J connectivity index is 1.65. The van der Waals surface area contributed by atoms with Crippen molar-refractivity contribution in [2.45, 2.75) is 20.0 Å². The van der Waals surface area contributed by atoms with Crippen molar-refractivity contribution in [3.8, 4) is 11.5 Å². The molecule has 1 amide bonds. The molecule has 0 aliphatic rings. The fourth-order valence-corrected chi connectivity index (χ4v) is 3.77. The molecule has 0 saturated heterocycles. The van der Waals surface area contributed by atoms with Crippen molar-refractivity contribution in [1.29, 1.82) is 0 Å². The lowest BCUT2D eigenvalue weighted by atomic mass is 10.1. The molecule has 1 N–H and O–H groups in total.